The second-order valence-corrected chi connectivity index (χ2v) is 11.7. The Hall–Kier alpha value is -3.45. The van der Waals surface area contributed by atoms with E-state index in [4.69, 9.17) is 14.9 Å². The van der Waals surface area contributed by atoms with Crippen LogP contribution < -0.4 is 4.72 Å². The highest BCUT2D eigenvalue weighted by Crippen LogP contribution is 2.45. The van der Waals surface area contributed by atoms with Crippen LogP contribution in [0.3, 0.4) is 0 Å². The fraction of sp³-hybridized carbons (Fsp3) is 0.320. The topological polar surface area (TPSA) is 114 Å². The molecule has 2 N–H and O–H groups in total. The van der Waals surface area contributed by atoms with Crippen molar-refractivity contribution in [2.24, 2.45) is 7.05 Å². The summed E-state index contributed by atoms with van der Waals surface area (Å²) in [7, 11) is -2.07. The summed E-state index contributed by atoms with van der Waals surface area (Å²) in [5, 5.41) is 7.97. The molecule has 0 aliphatic heterocycles. The first-order valence-electron chi connectivity index (χ1n) is 11.3. The van der Waals surface area contributed by atoms with E-state index >= 15 is 0 Å². The molecule has 4 aromatic rings. The van der Waals surface area contributed by atoms with Gasteiger partial charge in [0.1, 0.15) is 10.7 Å². The molecule has 3 aromatic heterocycles. The monoisotopic (exact) mass is 568 g/mol. The standard InChI is InChI=1S/C23H26N4O2S2.C2HF3O2/c1-13(2)22-20(17-9-7-8-14(3)10-17)21-18(11-15(4)24-23(21)30-22)26-31(28,29)19-12-27(6)16(5)25-19;3-2(4,5)1(6)7/h7-13H,1-6H3,(H,24,26);(H,6,7). The molecule has 0 unspecified atom stereocenters. The first-order chi connectivity index (χ1) is 17.5. The highest BCUT2D eigenvalue weighted by atomic mass is 32.2. The second-order valence-electron chi connectivity index (χ2n) is 9.00. The Morgan fingerprint density at radius 1 is 1.13 bits per heavy atom. The molecule has 0 atom stereocenters. The van der Waals surface area contributed by atoms with Crippen LogP contribution >= 0.6 is 11.3 Å². The molecule has 0 saturated carbocycles. The number of aliphatic carboxylic acids is 1. The van der Waals surface area contributed by atoms with E-state index in [-0.39, 0.29) is 10.9 Å². The van der Waals surface area contributed by atoms with Crippen molar-refractivity contribution in [1.29, 1.82) is 0 Å². The average molecular weight is 569 g/mol. The van der Waals surface area contributed by atoms with Crippen molar-refractivity contribution >= 4 is 43.2 Å². The second kappa shape index (κ2) is 10.7. The number of pyridine rings is 1. The van der Waals surface area contributed by atoms with Crippen LogP contribution in [0.4, 0.5) is 18.9 Å². The fourth-order valence-corrected chi connectivity index (χ4v) is 6.04. The summed E-state index contributed by atoms with van der Waals surface area (Å²) in [5.41, 5.74) is 4.55. The number of hydrogen-bond donors (Lipinski definition) is 2. The molecule has 13 heteroatoms. The van der Waals surface area contributed by atoms with Crippen LogP contribution in [0.1, 0.15) is 41.7 Å². The van der Waals surface area contributed by atoms with Crippen LogP contribution in [-0.4, -0.2) is 40.2 Å². The van der Waals surface area contributed by atoms with Gasteiger partial charge in [-0.15, -0.1) is 11.3 Å². The molecular formula is C25H27F3N4O4S2. The van der Waals surface area contributed by atoms with Gasteiger partial charge in [0.2, 0.25) is 0 Å². The van der Waals surface area contributed by atoms with Gasteiger partial charge >= 0.3 is 12.1 Å². The maximum atomic E-state index is 13.2. The summed E-state index contributed by atoms with van der Waals surface area (Å²) in [6.45, 7) is 10.0. The molecule has 8 nitrogen and oxygen atoms in total. The number of carboxylic acid groups (broad SMARTS) is 1. The number of alkyl halides is 3. The molecule has 4 rings (SSSR count). The number of hydrogen-bond acceptors (Lipinski definition) is 6. The van der Waals surface area contributed by atoms with Crippen molar-refractivity contribution in [3.8, 4) is 11.1 Å². The summed E-state index contributed by atoms with van der Waals surface area (Å²) in [6, 6.07) is 10.1. The van der Waals surface area contributed by atoms with Crippen LogP contribution in [0.5, 0.6) is 0 Å². The Morgan fingerprint density at radius 2 is 1.76 bits per heavy atom. The average Bonchev–Trinajstić information content (AvgIpc) is 3.34. The number of carbonyl (C=O) groups is 1. The molecule has 1 aromatic carbocycles. The van der Waals surface area contributed by atoms with Gasteiger partial charge in [-0.05, 0) is 38.3 Å². The number of anilines is 1. The summed E-state index contributed by atoms with van der Waals surface area (Å²) in [6.07, 6.45) is -3.56. The number of imidazole rings is 1. The number of halogens is 3. The summed E-state index contributed by atoms with van der Waals surface area (Å²) in [5.74, 6) is -1.85. The summed E-state index contributed by atoms with van der Waals surface area (Å²) >= 11 is 1.62. The molecule has 0 spiro atoms. The minimum Gasteiger partial charge on any atom is -0.475 e. The third kappa shape index (κ3) is 6.33. The van der Waals surface area contributed by atoms with E-state index in [2.05, 4.69) is 48.7 Å². The molecule has 0 amide bonds. The van der Waals surface area contributed by atoms with Crippen molar-refractivity contribution in [1.82, 2.24) is 14.5 Å². The van der Waals surface area contributed by atoms with Crippen molar-refractivity contribution in [2.75, 3.05) is 4.72 Å². The third-order valence-corrected chi connectivity index (χ3v) is 8.12. The van der Waals surface area contributed by atoms with Crippen LogP contribution in [0, 0.1) is 20.8 Å². The quantitative estimate of drug-likeness (QED) is 0.297. The molecule has 0 radical (unpaired) electrons. The van der Waals surface area contributed by atoms with E-state index in [9.17, 15) is 21.6 Å². The van der Waals surface area contributed by atoms with E-state index in [0.717, 1.165) is 32.6 Å². The molecule has 0 saturated heterocycles. The Balaban J connectivity index is 0.000000505. The van der Waals surface area contributed by atoms with Gasteiger partial charge in [0.15, 0.2) is 5.03 Å². The summed E-state index contributed by atoms with van der Waals surface area (Å²) in [4.78, 5) is 19.9. The zero-order chi connectivity index (χ0) is 28.6. The zero-order valence-electron chi connectivity index (χ0n) is 21.5. The number of carboxylic acids is 1. The van der Waals surface area contributed by atoms with Gasteiger partial charge in [-0.1, -0.05) is 43.7 Å². The minimum absolute atomic E-state index is 0.00605. The lowest BCUT2D eigenvalue weighted by Gasteiger charge is -2.12. The van der Waals surface area contributed by atoms with E-state index in [0.29, 0.717) is 11.5 Å². The molecule has 0 fully saturated rings. The number of nitrogens with zero attached hydrogens (tertiary/aromatic N) is 3. The first kappa shape index (κ1) is 29.1. The van der Waals surface area contributed by atoms with Gasteiger partial charge in [0.05, 0.1) is 5.69 Å². The third-order valence-electron chi connectivity index (χ3n) is 5.50. The van der Waals surface area contributed by atoms with Crippen LogP contribution in [0.25, 0.3) is 21.3 Å². The van der Waals surface area contributed by atoms with Gasteiger partial charge in [-0.2, -0.15) is 21.6 Å². The van der Waals surface area contributed by atoms with Gasteiger partial charge in [0.25, 0.3) is 10.0 Å². The molecule has 0 aliphatic rings. The van der Waals surface area contributed by atoms with Gasteiger partial charge in [-0.3, -0.25) is 4.72 Å². The molecule has 3 heterocycles. The number of aromatic nitrogens is 3. The number of aryl methyl sites for hydroxylation is 4. The van der Waals surface area contributed by atoms with Crippen LogP contribution in [0.2, 0.25) is 0 Å². The highest BCUT2D eigenvalue weighted by Gasteiger charge is 2.38. The highest BCUT2D eigenvalue weighted by molar-refractivity contribution is 7.92. The van der Waals surface area contributed by atoms with Crippen molar-refractivity contribution in [3.05, 3.63) is 58.5 Å². The number of fused-ring (bicyclic) bond motifs is 1. The largest absolute Gasteiger partial charge is 0.490 e. The predicted octanol–water partition coefficient (Wildman–Crippen LogP) is 6.18. The molecule has 0 bridgehead atoms. The van der Waals surface area contributed by atoms with Crippen molar-refractivity contribution in [2.45, 2.75) is 51.7 Å². The summed E-state index contributed by atoms with van der Waals surface area (Å²) < 4.78 is 62.6. The number of sulfonamides is 1. The van der Waals surface area contributed by atoms with Gasteiger partial charge < -0.3 is 9.67 Å². The Morgan fingerprint density at radius 3 is 2.26 bits per heavy atom. The molecular weight excluding hydrogens is 541 g/mol. The number of nitrogens with one attached hydrogen (secondary N) is 1. The van der Waals surface area contributed by atoms with E-state index in [1.807, 2.05) is 13.0 Å². The number of benzene rings is 1. The van der Waals surface area contributed by atoms with Gasteiger partial charge in [-0.25, -0.2) is 14.8 Å². The molecule has 0 aliphatic carbocycles. The van der Waals surface area contributed by atoms with E-state index < -0.39 is 22.2 Å². The van der Waals surface area contributed by atoms with E-state index in [1.165, 1.54) is 11.1 Å². The Labute approximate surface area is 222 Å². The van der Waals surface area contributed by atoms with Gasteiger partial charge in [0, 0.05) is 34.8 Å². The minimum atomic E-state index is -5.08. The van der Waals surface area contributed by atoms with Crippen LogP contribution in [0.15, 0.2) is 41.6 Å². The van der Waals surface area contributed by atoms with Crippen molar-refractivity contribution < 1.29 is 31.5 Å². The van der Waals surface area contributed by atoms with Crippen LogP contribution in [-0.2, 0) is 21.9 Å². The predicted molar refractivity (Wildman–Crippen MR) is 141 cm³/mol. The SMILES string of the molecule is Cc1cccc(-c2c(C(C)C)sc3nc(C)cc(NS(=O)(=O)c4cn(C)c(C)n4)c23)c1.O=C(O)C(F)(F)F. The molecule has 38 heavy (non-hydrogen) atoms. The van der Waals surface area contributed by atoms with E-state index in [1.54, 1.807) is 35.9 Å². The lowest BCUT2D eigenvalue weighted by molar-refractivity contribution is -0.192. The maximum Gasteiger partial charge on any atom is 0.490 e. The Bertz CT molecular complexity index is 1590. The zero-order valence-corrected chi connectivity index (χ0v) is 23.1. The normalized spacial score (nSPS) is 11.9. The molecule has 204 valence electrons. The Kier molecular flexibility index (Phi) is 8.22. The lowest BCUT2D eigenvalue weighted by atomic mass is 9.96. The maximum absolute atomic E-state index is 13.2. The van der Waals surface area contributed by atoms with Crippen molar-refractivity contribution in [3.63, 3.8) is 0 Å². The smallest absolute Gasteiger partial charge is 0.475 e. The lowest BCUT2D eigenvalue weighted by Crippen LogP contribution is -2.21. The first-order valence-corrected chi connectivity index (χ1v) is 13.6. The number of thiophene rings is 1. The fourth-order valence-electron chi connectivity index (χ4n) is 3.67. The number of rotatable bonds is 5.